The fraction of sp³-hybridized carbons (Fsp3) is 0.158. The third-order valence-corrected chi connectivity index (χ3v) is 4.20. The van der Waals surface area contributed by atoms with Crippen molar-refractivity contribution in [2.24, 2.45) is 0 Å². The van der Waals surface area contributed by atoms with Gasteiger partial charge in [0.2, 0.25) is 0 Å². The molecule has 3 nitrogen and oxygen atoms in total. The summed E-state index contributed by atoms with van der Waals surface area (Å²) in [4.78, 5) is 4.59. The van der Waals surface area contributed by atoms with E-state index in [0.717, 1.165) is 22.6 Å². The summed E-state index contributed by atoms with van der Waals surface area (Å²) in [6, 6.07) is 18.5. The second kappa shape index (κ2) is 6.72. The van der Waals surface area contributed by atoms with E-state index in [2.05, 4.69) is 49.2 Å². The largest absolute Gasteiger partial charge is 0.431 e. The van der Waals surface area contributed by atoms with Gasteiger partial charge in [0.25, 0.3) is 5.22 Å². The Morgan fingerprint density at radius 3 is 2.09 bits per heavy atom. The van der Waals surface area contributed by atoms with Crippen molar-refractivity contribution in [2.45, 2.75) is 19.1 Å². The molecule has 23 heavy (non-hydrogen) atoms. The van der Waals surface area contributed by atoms with Crippen molar-refractivity contribution < 1.29 is 4.42 Å². The second-order valence-corrected chi connectivity index (χ2v) is 6.26. The monoisotopic (exact) mass is 320 g/mol. The molecule has 0 fully saturated rings. The minimum Gasteiger partial charge on any atom is -0.431 e. The molecule has 0 N–H and O–H groups in total. The topological polar surface area (TPSA) is 49.8 Å². The summed E-state index contributed by atoms with van der Waals surface area (Å²) in [6.07, 6.45) is 0. The summed E-state index contributed by atoms with van der Waals surface area (Å²) >= 11 is 1.31. The van der Waals surface area contributed by atoms with Gasteiger partial charge < -0.3 is 4.42 Å². The van der Waals surface area contributed by atoms with Crippen LogP contribution >= 0.6 is 11.8 Å². The van der Waals surface area contributed by atoms with Gasteiger partial charge in [-0.05, 0) is 13.8 Å². The molecule has 114 valence electrons. The molecule has 0 radical (unpaired) electrons. The van der Waals surface area contributed by atoms with E-state index in [1.165, 1.54) is 22.9 Å². The van der Waals surface area contributed by atoms with Crippen molar-refractivity contribution in [3.05, 3.63) is 59.7 Å². The number of aromatic nitrogens is 1. The van der Waals surface area contributed by atoms with E-state index in [1.54, 1.807) is 0 Å². The van der Waals surface area contributed by atoms with Gasteiger partial charge in [0.05, 0.1) is 11.8 Å². The molecule has 1 aromatic heterocycles. The zero-order valence-corrected chi connectivity index (χ0v) is 13.9. The minimum absolute atomic E-state index is 0.321. The molecule has 0 atom stereocenters. The van der Waals surface area contributed by atoms with Crippen LogP contribution in [0.5, 0.6) is 0 Å². The van der Waals surface area contributed by atoms with Gasteiger partial charge in [-0.3, -0.25) is 0 Å². The number of nitriles is 1. The first kappa shape index (κ1) is 15.4. The standard InChI is InChI=1S/C19H16N2OS/c1-13-3-7-15(8-4-13)17-18(16-9-5-14(2)6-10-16)22-19(21-17)23-12-11-20/h3-10H,12H2,1-2H3. The van der Waals surface area contributed by atoms with Crippen molar-refractivity contribution in [1.82, 2.24) is 4.98 Å². The van der Waals surface area contributed by atoms with Crippen LogP contribution in [0.4, 0.5) is 0 Å². The molecule has 4 heteroatoms. The molecule has 3 rings (SSSR count). The van der Waals surface area contributed by atoms with Gasteiger partial charge in [0.15, 0.2) is 5.76 Å². The van der Waals surface area contributed by atoms with Crippen molar-refractivity contribution in [3.63, 3.8) is 0 Å². The zero-order valence-electron chi connectivity index (χ0n) is 13.0. The van der Waals surface area contributed by atoms with Gasteiger partial charge >= 0.3 is 0 Å². The lowest BCUT2D eigenvalue weighted by molar-refractivity contribution is 0.466. The van der Waals surface area contributed by atoms with E-state index in [1.807, 2.05) is 24.3 Å². The van der Waals surface area contributed by atoms with E-state index in [9.17, 15) is 0 Å². The predicted molar refractivity (Wildman–Crippen MR) is 93.2 cm³/mol. The van der Waals surface area contributed by atoms with Crippen LogP contribution in [0.3, 0.4) is 0 Å². The van der Waals surface area contributed by atoms with Crippen LogP contribution in [-0.2, 0) is 0 Å². The fourth-order valence-electron chi connectivity index (χ4n) is 2.26. The number of hydrogen-bond donors (Lipinski definition) is 0. The van der Waals surface area contributed by atoms with Crippen molar-refractivity contribution in [2.75, 3.05) is 5.75 Å². The Kier molecular flexibility index (Phi) is 4.50. The zero-order chi connectivity index (χ0) is 16.2. The third-order valence-electron chi connectivity index (χ3n) is 3.51. The van der Waals surface area contributed by atoms with Crippen LogP contribution in [-0.4, -0.2) is 10.7 Å². The van der Waals surface area contributed by atoms with Crippen LogP contribution in [0.25, 0.3) is 22.6 Å². The highest BCUT2D eigenvalue weighted by atomic mass is 32.2. The molecular formula is C19H16N2OS. The average molecular weight is 320 g/mol. The summed E-state index contributed by atoms with van der Waals surface area (Å²) in [5.41, 5.74) is 5.22. The molecule has 3 aromatic rings. The van der Waals surface area contributed by atoms with E-state index in [-0.39, 0.29) is 0 Å². The molecule has 0 aliphatic heterocycles. The quantitative estimate of drug-likeness (QED) is 0.617. The molecule has 0 aliphatic carbocycles. The average Bonchev–Trinajstić information content (AvgIpc) is 2.98. The van der Waals surface area contributed by atoms with Gasteiger partial charge in [-0.25, -0.2) is 4.98 Å². The van der Waals surface area contributed by atoms with E-state index in [4.69, 9.17) is 9.68 Å². The highest BCUT2D eigenvalue weighted by molar-refractivity contribution is 7.99. The van der Waals surface area contributed by atoms with E-state index >= 15 is 0 Å². The number of rotatable bonds is 4. The van der Waals surface area contributed by atoms with Crippen LogP contribution in [0, 0.1) is 25.2 Å². The first-order valence-electron chi connectivity index (χ1n) is 7.32. The van der Waals surface area contributed by atoms with Gasteiger partial charge in [-0.2, -0.15) is 5.26 Å². The third kappa shape index (κ3) is 3.46. The molecule has 0 saturated heterocycles. The maximum absolute atomic E-state index is 8.76. The summed E-state index contributed by atoms with van der Waals surface area (Å²) in [7, 11) is 0. The molecule has 0 unspecified atom stereocenters. The number of thioether (sulfide) groups is 1. The van der Waals surface area contributed by atoms with Gasteiger partial charge in [0, 0.05) is 11.1 Å². The SMILES string of the molecule is Cc1ccc(-c2nc(SCC#N)oc2-c2ccc(C)cc2)cc1. The predicted octanol–water partition coefficient (Wildman–Crippen LogP) is 5.24. The van der Waals surface area contributed by atoms with Gasteiger partial charge in [0.1, 0.15) is 5.69 Å². The Morgan fingerprint density at radius 1 is 0.957 bits per heavy atom. The highest BCUT2D eigenvalue weighted by Gasteiger charge is 2.17. The maximum Gasteiger partial charge on any atom is 0.257 e. The Bertz CT molecular complexity index is 780. The highest BCUT2D eigenvalue weighted by Crippen LogP contribution is 2.35. The van der Waals surface area contributed by atoms with Crippen LogP contribution in [0.15, 0.2) is 58.2 Å². The summed E-state index contributed by atoms with van der Waals surface area (Å²) in [5.74, 6) is 1.07. The smallest absolute Gasteiger partial charge is 0.257 e. The Labute approximate surface area is 140 Å². The van der Waals surface area contributed by atoms with E-state index < -0.39 is 0 Å². The van der Waals surface area contributed by atoms with Gasteiger partial charge in [-0.1, -0.05) is 71.4 Å². The molecular weight excluding hydrogens is 304 g/mol. The summed E-state index contributed by atoms with van der Waals surface area (Å²) in [5, 5.41) is 9.28. The molecule has 1 heterocycles. The number of benzene rings is 2. The first-order chi connectivity index (χ1) is 11.2. The fourth-order valence-corrected chi connectivity index (χ4v) is 2.75. The van der Waals surface area contributed by atoms with Crippen molar-refractivity contribution in [3.8, 4) is 28.7 Å². The van der Waals surface area contributed by atoms with Gasteiger partial charge in [-0.15, -0.1) is 0 Å². The Balaban J connectivity index is 2.08. The molecule has 0 spiro atoms. The number of oxazole rings is 1. The number of aryl methyl sites for hydroxylation is 2. The van der Waals surface area contributed by atoms with Crippen LogP contribution < -0.4 is 0 Å². The Morgan fingerprint density at radius 2 is 1.52 bits per heavy atom. The second-order valence-electron chi connectivity index (χ2n) is 5.34. The summed E-state index contributed by atoms with van der Waals surface area (Å²) in [6.45, 7) is 4.11. The Hall–Kier alpha value is -2.51. The molecule has 0 amide bonds. The minimum atomic E-state index is 0.321. The van der Waals surface area contributed by atoms with Crippen molar-refractivity contribution >= 4 is 11.8 Å². The number of hydrogen-bond acceptors (Lipinski definition) is 4. The van der Waals surface area contributed by atoms with Crippen molar-refractivity contribution in [1.29, 1.82) is 5.26 Å². The maximum atomic E-state index is 8.76. The molecule has 0 aliphatic rings. The molecule has 2 aromatic carbocycles. The van der Waals surface area contributed by atoms with E-state index in [0.29, 0.717) is 11.0 Å². The number of nitrogens with zero attached hydrogens (tertiary/aromatic N) is 2. The molecule has 0 saturated carbocycles. The summed E-state index contributed by atoms with van der Waals surface area (Å²) < 4.78 is 5.93. The lowest BCUT2D eigenvalue weighted by atomic mass is 10.0. The molecule has 0 bridgehead atoms. The normalized spacial score (nSPS) is 10.5. The first-order valence-corrected chi connectivity index (χ1v) is 8.30. The lowest BCUT2D eigenvalue weighted by Crippen LogP contribution is -1.83. The van der Waals surface area contributed by atoms with Crippen LogP contribution in [0.1, 0.15) is 11.1 Å². The van der Waals surface area contributed by atoms with Crippen LogP contribution in [0.2, 0.25) is 0 Å². The lowest BCUT2D eigenvalue weighted by Gasteiger charge is -2.02.